The van der Waals surface area contributed by atoms with Crippen LogP contribution in [-0.4, -0.2) is 57.8 Å². The second kappa shape index (κ2) is 8.53. The van der Waals surface area contributed by atoms with Gasteiger partial charge >= 0.3 is 0 Å². The van der Waals surface area contributed by atoms with Gasteiger partial charge in [0.25, 0.3) is 0 Å². The van der Waals surface area contributed by atoms with Gasteiger partial charge in [0.1, 0.15) is 0 Å². The molecule has 0 atom stereocenters. The van der Waals surface area contributed by atoms with Gasteiger partial charge in [0.15, 0.2) is 5.11 Å². The van der Waals surface area contributed by atoms with Gasteiger partial charge in [0.2, 0.25) is 0 Å². The quantitative estimate of drug-likeness (QED) is 0.518. The summed E-state index contributed by atoms with van der Waals surface area (Å²) in [7, 11) is 0. The Kier molecular flexibility index (Phi) is 6.15. The van der Waals surface area contributed by atoms with Crippen LogP contribution in [0.4, 0.5) is 0 Å². The number of pyridine rings is 1. The first kappa shape index (κ1) is 17.3. The minimum Gasteiger partial charge on any atom is -0.348 e. The molecular weight excluding hydrogens is 318 g/mol. The average molecular weight is 346 g/mol. The van der Waals surface area contributed by atoms with Crippen molar-refractivity contribution in [1.29, 1.82) is 0 Å². The first-order valence-corrected chi connectivity index (χ1v) is 9.39. The fraction of sp³-hybridized carbons (Fsp3) is 0.611. The van der Waals surface area contributed by atoms with E-state index in [-0.39, 0.29) is 0 Å². The molecule has 0 aliphatic carbocycles. The van der Waals surface area contributed by atoms with Crippen molar-refractivity contribution in [2.45, 2.75) is 45.1 Å². The number of aromatic nitrogens is 1. The number of nitrogens with zero attached hydrogens (tertiary/aromatic N) is 4. The zero-order chi connectivity index (χ0) is 16.8. The largest absolute Gasteiger partial charge is 0.348 e. The van der Waals surface area contributed by atoms with Crippen LogP contribution in [0.25, 0.3) is 0 Å². The van der Waals surface area contributed by atoms with Gasteiger partial charge in [-0.25, -0.2) is 0 Å². The number of thiocarbonyl (C=S) groups is 1. The Morgan fingerprint density at radius 2 is 1.92 bits per heavy atom. The summed E-state index contributed by atoms with van der Waals surface area (Å²) >= 11 is 5.51. The van der Waals surface area contributed by atoms with E-state index >= 15 is 0 Å². The predicted molar refractivity (Wildman–Crippen MR) is 102 cm³/mol. The number of likely N-dealkylation sites (tertiary alicyclic amines) is 2. The summed E-state index contributed by atoms with van der Waals surface area (Å²) in [5.41, 5.74) is 4.76. The van der Waals surface area contributed by atoms with E-state index in [2.05, 4.69) is 25.3 Å². The van der Waals surface area contributed by atoms with E-state index in [1.54, 1.807) is 6.20 Å². The van der Waals surface area contributed by atoms with Gasteiger partial charge < -0.3 is 9.80 Å². The van der Waals surface area contributed by atoms with Crippen molar-refractivity contribution >= 4 is 23.0 Å². The lowest BCUT2D eigenvalue weighted by Crippen LogP contribution is -2.49. The highest BCUT2D eigenvalue weighted by atomic mass is 32.1. The summed E-state index contributed by atoms with van der Waals surface area (Å²) in [6, 6.07) is 6.56. The maximum Gasteiger partial charge on any atom is 0.189 e. The van der Waals surface area contributed by atoms with Crippen molar-refractivity contribution < 1.29 is 0 Å². The van der Waals surface area contributed by atoms with Crippen LogP contribution >= 0.6 is 12.2 Å². The van der Waals surface area contributed by atoms with Crippen molar-refractivity contribution in [3.05, 3.63) is 30.1 Å². The van der Waals surface area contributed by atoms with Crippen molar-refractivity contribution in [2.75, 3.05) is 26.2 Å². The molecule has 0 saturated carbocycles. The third-order valence-electron chi connectivity index (χ3n) is 5.01. The number of piperidine rings is 2. The second-order valence-electron chi connectivity index (χ2n) is 6.64. The predicted octanol–water partition coefficient (Wildman–Crippen LogP) is 2.63. The van der Waals surface area contributed by atoms with E-state index < -0.39 is 0 Å². The van der Waals surface area contributed by atoms with E-state index in [0.29, 0.717) is 0 Å². The molecule has 3 rings (SSSR count). The van der Waals surface area contributed by atoms with E-state index in [4.69, 9.17) is 12.2 Å². The number of rotatable bonds is 3. The normalized spacial score (nSPS) is 20.9. The molecule has 24 heavy (non-hydrogen) atoms. The van der Waals surface area contributed by atoms with Gasteiger partial charge in [0.05, 0.1) is 11.4 Å². The summed E-state index contributed by atoms with van der Waals surface area (Å²) in [5.74, 6) is 0. The Labute approximate surface area is 150 Å². The zero-order valence-electron chi connectivity index (χ0n) is 14.4. The molecule has 2 aliphatic heterocycles. The lowest BCUT2D eigenvalue weighted by molar-refractivity contribution is 0.114. The minimum absolute atomic E-state index is 0.724. The fourth-order valence-corrected chi connectivity index (χ4v) is 3.78. The molecule has 1 N–H and O–H groups in total. The second-order valence-corrected chi connectivity index (χ2v) is 7.03. The van der Waals surface area contributed by atoms with E-state index in [9.17, 15) is 0 Å². The lowest BCUT2D eigenvalue weighted by Gasteiger charge is -2.40. The molecule has 0 amide bonds. The number of hydrazone groups is 1. The molecular formula is C18H27N5S. The third-order valence-corrected chi connectivity index (χ3v) is 5.36. The molecule has 2 saturated heterocycles. The van der Waals surface area contributed by atoms with Crippen LogP contribution < -0.4 is 5.43 Å². The van der Waals surface area contributed by atoms with Crippen LogP contribution in [-0.2, 0) is 0 Å². The van der Waals surface area contributed by atoms with Crippen molar-refractivity contribution in [2.24, 2.45) is 5.10 Å². The highest BCUT2D eigenvalue weighted by molar-refractivity contribution is 7.80. The smallest absolute Gasteiger partial charge is 0.189 e. The van der Waals surface area contributed by atoms with Gasteiger partial charge in [-0.2, -0.15) is 5.10 Å². The average Bonchev–Trinajstić information content (AvgIpc) is 2.67. The fourth-order valence-electron chi connectivity index (χ4n) is 3.55. The third kappa shape index (κ3) is 4.51. The number of nitrogens with one attached hydrogen (secondary N) is 1. The van der Waals surface area contributed by atoms with Crippen molar-refractivity contribution in [3.63, 3.8) is 0 Å². The molecule has 3 heterocycles. The van der Waals surface area contributed by atoms with Crippen LogP contribution in [0.5, 0.6) is 0 Å². The van der Waals surface area contributed by atoms with Crippen molar-refractivity contribution in [1.82, 2.24) is 20.2 Å². The minimum atomic E-state index is 0.724. The summed E-state index contributed by atoms with van der Waals surface area (Å²) < 4.78 is 0. The topological polar surface area (TPSA) is 43.8 Å². The molecule has 1 aromatic rings. The molecule has 130 valence electrons. The van der Waals surface area contributed by atoms with Crippen LogP contribution in [0.3, 0.4) is 0 Å². The van der Waals surface area contributed by atoms with Crippen molar-refractivity contribution in [3.8, 4) is 0 Å². The molecule has 0 radical (unpaired) electrons. The van der Waals surface area contributed by atoms with E-state index in [1.807, 2.05) is 25.1 Å². The summed E-state index contributed by atoms with van der Waals surface area (Å²) in [6.45, 7) is 6.54. The van der Waals surface area contributed by atoms with Gasteiger partial charge in [0, 0.05) is 25.3 Å². The number of hydrogen-bond donors (Lipinski definition) is 1. The Hall–Kier alpha value is -1.53. The molecule has 0 bridgehead atoms. The molecule has 0 aromatic carbocycles. The highest BCUT2D eigenvalue weighted by Gasteiger charge is 2.26. The standard InChI is InChI=1S/C18H27N5S/c1-15(17-7-3-4-10-19-17)20-21-18(24)23-13-8-16(9-14-23)22-11-5-2-6-12-22/h3-4,7,10,16H,2,5-6,8-9,11-14H2,1H3,(H,21,24)/b20-15+. The highest BCUT2D eigenvalue weighted by Crippen LogP contribution is 2.20. The summed E-state index contributed by atoms with van der Waals surface area (Å²) in [6.07, 6.45) is 8.30. The Morgan fingerprint density at radius 3 is 2.58 bits per heavy atom. The summed E-state index contributed by atoms with van der Waals surface area (Å²) in [5, 5.41) is 5.11. The van der Waals surface area contributed by atoms with Gasteiger partial charge in [-0.1, -0.05) is 12.5 Å². The Morgan fingerprint density at radius 1 is 1.17 bits per heavy atom. The van der Waals surface area contributed by atoms with Crippen LogP contribution in [0.2, 0.25) is 0 Å². The molecule has 2 fully saturated rings. The maximum absolute atomic E-state index is 5.51. The zero-order valence-corrected chi connectivity index (χ0v) is 15.3. The molecule has 6 heteroatoms. The van der Waals surface area contributed by atoms with E-state index in [0.717, 1.165) is 35.6 Å². The van der Waals surface area contributed by atoms with Crippen LogP contribution in [0, 0.1) is 0 Å². The Bertz CT molecular complexity index is 560. The summed E-state index contributed by atoms with van der Waals surface area (Å²) in [4.78, 5) is 9.22. The molecule has 2 aliphatic rings. The number of hydrogen-bond acceptors (Lipinski definition) is 4. The SMILES string of the molecule is C/C(=N\NC(=S)N1CCC(N2CCCCC2)CC1)c1ccccn1. The molecule has 1 aromatic heterocycles. The first-order valence-electron chi connectivity index (χ1n) is 8.99. The van der Waals surface area contributed by atoms with E-state index in [1.165, 1.54) is 45.2 Å². The molecule has 0 spiro atoms. The maximum atomic E-state index is 5.51. The van der Waals surface area contributed by atoms with Crippen LogP contribution in [0.15, 0.2) is 29.5 Å². The lowest BCUT2D eigenvalue weighted by atomic mass is 10.0. The van der Waals surface area contributed by atoms with Gasteiger partial charge in [-0.05, 0) is 70.0 Å². The van der Waals surface area contributed by atoms with Crippen LogP contribution in [0.1, 0.15) is 44.7 Å². The molecule has 0 unspecified atom stereocenters. The Balaban J connectivity index is 1.46. The monoisotopic (exact) mass is 345 g/mol. The van der Waals surface area contributed by atoms with Gasteiger partial charge in [-0.3, -0.25) is 10.4 Å². The first-order chi connectivity index (χ1) is 11.7. The van der Waals surface area contributed by atoms with Gasteiger partial charge in [-0.15, -0.1) is 0 Å². The molecule has 5 nitrogen and oxygen atoms in total.